The SMILES string of the molecule is CCn1c(S[C@H](C)C(=O)NCc2ccco2)nc2ccccc2c1=O. The van der Waals surface area contributed by atoms with Gasteiger partial charge in [-0.1, -0.05) is 23.9 Å². The number of thioether (sulfide) groups is 1. The lowest BCUT2D eigenvalue weighted by atomic mass is 10.2. The molecule has 3 aromatic rings. The maximum Gasteiger partial charge on any atom is 0.262 e. The average molecular weight is 357 g/mol. The summed E-state index contributed by atoms with van der Waals surface area (Å²) in [7, 11) is 0. The first kappa shape index (κ1) is 17.3. The van der Waals surface area contributed by atoms with E-state index in [2.05, 4.69) is 10.3 Å². The summed E-state index contributed by atoms with van der Waals surface area (Å²) in [4.78, 5) is 29.5. The second-order valence-electron chi connectivity index (χ2n) is 5.52. The first-order valence-electron chi connectivity index (χ1n) is 8.06. The molecule has 2 aromatic heterocycles. The molecule has 0 saturated carbocycles. The van der Waals surface area contributed by atoms with Crippen LogP contribution >= 0.6 is 11.8 Å². The van der Waals surface area contributed by atoms with Crippen molar-refractivity contribution >= 4 is 28.6 Å². The molecule has 130 valence electrons. The van der Waals surface area contributed by atoms with Crippen molar-refractivity contribution in [1.29, 1.82) is 0 Å². The van der Waals surface area contributed by atoms with Crippen LogP contribution in [0.15, 0.2) is 57.0 Å². The molecule has 2 heterocycles. The molecule has 0 aliphatic heterocycles. The minimum Gasteiger partial charge on any atom is -0.467 e. The number of aromatic nitrogens is 2. The largest absolute Gasteiger partial charge is 0.467 e. The topological polar surface area (TPSA) is 77.1 Å². The van der Waals surface area contributed by atoms with Gasteiger partial charge in [0.25, 0.3) is 5.56 Å². The van der Waals surface area contributed by atoms with Crippen LogP contribution in [0.4, 0.5) is 0 Å². The molecule has 0 bridgehead atoms. The van der Waals surface area contributed by atoms with Crippen LogP contribution < -0.4 is 10.9 Å². The van der Waals surface area contributed by atoms with Crippen LogP contribution in [0.3, 0.4) is 0 Å². The summed E-state index contributed by atoms with van der Waals surface area (Å²) in [6.07, 6.45) is 1.57. The first-order valence-corrected chi connectivity index (χ1v) is 8.94. The van der Waals surface area contributed by atoms with E-state index in [0.29, 0.717) is 34.9 Å². The second kappa shape index (κ2) is 7.57. The van der Waals surface area contributed by atoms with Crippen molar-refractivity contribution in [1.82, 2.24) is 14.9 Å². The molecule has 6 nitrogen and oxygen atoms in total. The third-order valence-electron chi connectivity index (χ3n) is 3.81. The molecule has 1 amide bonds. The Morgan fingerprint density at radius 2 is 2.12 bits per heavy atom. The Bertz CT molecular complexity index is 934. The minimum absolute atomic E-state index is 0.0845. The van der Waals surface area contributed by atoms with E-state index >= 15 is 0 Å². The van der Waals surface area contributed by atoms with E-state index in [-0.39, 0.29) is 16.7 Å². The molecule has 0 spiro atoms. The number of rotatable bonds is 6. The Kier molecular flexibility index (Phi) is 5.23. The van der Waals surface area contributed by atoms with E-state index in [1.54, 1.807) is 36.0 Å². The smallest absolute Gasteiger partial charge is 0.262 e. The van der Waals surface area contributed by atoms with E-state index in [0.717, 1.165) is 0 Å². The Morgan fingerprint density at radius 3 is 2.84 bits per heavy atom. The number of hydrogen-bond donors (Lipinski definition) is 1. The predicted molar refractivity (Wildman–Crippen MR) is 97.6 cm³/mol. The fourth-order valence-electron chi connectivity index (χ4n) is 2.46. The number of carbonyl (C=O) groups is 1. The number of nitrogens with one attached hydrogen (secondary N) is 1. The van der Waals surface area contributed by atoms with Gasteiger partial charge in [0.1, 0.15) is 5.76 Å². The number of carbonyl (C=O) groups excluding carboxylic acids is 1. The van der Waals surface area contributed by atoms with Gasteiger partial charge in [-0.25, -0.2) is 4.98 Å². The number of amides is 1. The summed E-state index contributed by atoms with van der Waals surface area (Å²) in [6.45, 7) is 4.52. The van der Waals surface area contributed by atoms with Gasteiger partial charge in [0.15, 0.2) is 5.16 Å². The maximum atomic E-state index is 12.6. The van der Waals surface area contributed by atoms with Crippen molar-refractivity contribution in [2.75, 3.05) is 0 Å². The average Bonchev–Trinajstić information content (AvgIpc) is 3.13. The fourth-order valence-corrected chi connectivity index (χ4v) is 3.46. The lowest BCUT2D eigenvalue weighted by Gasteiger charge is -2.15. The van der Waals surface area contributed by atoms with Gasteiger partial charge in [0.2, 0.25) is 5.91 Å². The molecule has 1 N–H and O–H groups in total. The Morgan fingerprint density at radius 1 is 1.32 bits per heavy atom. The van der Waals surface area contributed by atoms with Crippen molar-refractivity contribution in [3.8, 4) is 0 Å². The highest BCUT2D eigenvalue weighted by Gasteiger charge is 2.19. The van der Waals surface area contributed by atoms with E-state index in [9.17, 15) is 9.59 Å². The zero-order chi connectivity index (χ0) is 17.8. The van der Waals surface area contributed by atoms with Crippen LogP contribution in [0.2, 0.25) is 0 Å². The molecule has 25 heavy (non-hydrogen) atoms. The molecule has 0 aliphatic rings. The summed E-state index contributed by atoms with van der Waals surface area (Å²) >= 11 is 1.28. The van der Waals surface area contributed by atoms with E-state index < -0.39 is 0 Å². The summed E-state index contributed by atoms with van der Waals surface area (Å²) in [5.41, 5.74) is 0.557. The summed E-state index contributed by atoms with van der Waals surface area (Å²) in [5.74, 6) is 0.561. The molecule has 0 saturated heterocycles. The normalized spacial score (nSPS) is 12.2. The number of fused-ring (bicyclic) bond motifs is 1. The van der Waals surface area contributed by atoms with Crippen molar-refractivity contribution < 1.29 is 9.21 Å². The zero-order valence-electron chi connectivity index (χ0n) is 14.1. The monoisotopic (exact) mass is 357 g/mol. The highest BCUT2D eigenvalue weighted by atomic mass is 32.2. The fraction of sp³-hybridized carbons (Fsp3) is 0.278. The number of nitrogens with zero attached hydrogens (tertiary/aromatic N) is 2. The zero-order valence-corrected chi connectivity index (χ0v) is 14.9. The highest BCUT2D eigenvalue weighted by Crippen LogP contribution is 2.22. The van der Waals surface area contributed by atoms with Crippen LogP contribution in [-0.2, 0) is 17.9 Å². The summed E-state index contributed by atoms with van der Waals surface area (Å²) in [5, 5.41) is 3.57. The molecule has 7 heteroatoms. The van der Waals surface area contributed by atoms with Crippen LogP contribution in [0, 0.1) is 0 Å². The maximum absolute atomic E-state index is 12.6. The third kappa shape index (κ3) is 3.76. The van der Waals surface area contributed by atoms with Gasteiger partial charge in [0, 0.05) is 6.54 Å². The van der Waals surface area contributed by atoms with Crippen molar-refractivity contribution in [2.24, 2.45) is 0 Å². The first-order chi connectivity index (χ1) is 12.1. The Balaban J connectivity index is 1.79. The second-order valence-corrected chi connectivity index (χ2v) is 6.83. The Labute approximate surface area is 149 Å². The van der Waals surface area contributed by atoms with E-state index in [1.165, 1.54) is 11.8 Å². The predicted octanol–water partition coefficient (Wildman–Crippen LogP) is 2.81. The van der Waals surface area contributed by atoms with Crippen molar-refractivity contribution in [3.05, 3.63) is 58.8 Å². The van der Waals surface area contributed by atoms with Crippen LogP contribution in [0.5, 0.6) is 0 Å². The quantitative estimate of drug-likeness (QED) is 0.542. The molecule has 0 fully saturated rings. The van der Waals surface area contributed by atoms with Gasteiger partial charge in [-0.2, -0.15) is 0 Å². The molecule has 1 atom stereocenters. The molecule has 3 rings (SSSR count). The standard InChI is InChI=1S/C18H19N3O3S/c1-3-21-17(23)14-8-4-5-9-15(14)20-18(21)25-12(2)16(22)19-11-13-7-6-10-24-13/h4-10,12H,3,11H2,1-2H3,(H,19,22)/t12-/m1/s1. The molecule has 0 unspecified atom stereocenters. The number of furan rings is 1. The van der Waals surface area contributed by atoms with Gasteiger partial charge in [0.05, 0.1) is 29.0 Å². The molecule has 0 radical (unpaired) electrons. The van der Waals surface area contributed by atoms with Gasteiger partial charge >= 0.3 is 0 Å². The van der Waals surface area contributed by atoms with Crippen LogP contribution in [0.25, 0.3) is 10.9 Å². The van der Waals surface area contributed by atoms with Crippen LogP contribution in [0.1, 0.15) is 19.6 Å². The van der Waals surface area contributed by atoms with Gasteiger partial charge in [-0.3, -0.25) is 14.2 Å². The van der Waals surface area contributed by atoms with Gasteiger partial charge in [-0.15, -0.1) is 0 Å². The van der Waals surface area contributed by atoms with Crippen LogP contribution in [-0.4, -0.2) is 20.7 Å². The number of para-hydroxylation sites is 1. The van der Waals surface area contributed by atoms with Gasteiger partial charge < -0.3 is 9.73 Å². The molecule has 1 aromatic carbocycles. The third-order valence-corrected chi connectivity index (χ3v) is 4.90. The lowest BCUT2D eigenvalue weighted by Crippen LogP contribution is -2.31. The highest BCUT2D eigenvalue weighted by molar-refractivity contribution is 8.00. The van der Waals surface area contributed by atoms with Crippen molar-refractivity contribution in [2.45, 2.75) is 37.3 Å². The van der Waals surface area contributed by atoms with E-state index in [1.807, 2.05) is 25.1 Å². The Hall–Kier alpha value is -2.54. The van der Waals surface area contributed by atoms with E-state index in [4.69, 9.17) is 4.42 Å². The lowest BCUT2D eigenvalue weighted by molar-refractivity contribution is -0.120. The van der Waals surface area contributed by atoms with Crippen molar-refractivity contribution in [3.63, 3.8) is 0 Å². The molecule has 0 aliphatic carbocycles. The number of hydrogen-bond acceptors (Lipinski definition) is 5. The molecular formula is C18H19N3O3S. The molecular weight excluding hydrogens is 338 g/mol. The summed E-state index contributed by atoms with van der Waals surface area (Å²) in [6, 6.07) is 10.8. The minimum atomic E-state index is -0.388. The number of benzene rings is 1. The van der Waals surface area contributed by atoms with Gasteiger partial charge in [-0.05, 0) is 38.1 Å². The summed E-state index contributed by atoms with van der Waals surface area (Å²) < 4.78 is 6.80.